The summed E-state index contributed by atoms with van der Waals surface area (Å²) in [5, 5.41) is 0.263. The number of fused-ring (bicyclic) bond motifs is 1. The highest BCUT2D eigenvalue weighted by Crippen LogP contribution is 2.28. The smallest absolute Gasteiger partial charge is 0.312 e. The Morgan fingerprint density at radius 3 is 2.57 bits per heavy atom. The standard InChI is InChI=1S/C19H25ClN2O6/c1-19(2,3)18(24)28-12-22-11-21-14-9-13(26-8-7-25-4)10-15(27-6-5-20)16(14)17(22)23/h9-11H,5-8,12H2,1-4H3. The molecule has 1 aromatic heterocycles. The number of ether oxygens (including phenoxy) is 4. The summed E-state index contributed by atoms with van der Waals surface area (Å²) in [5.74, 6) is 0.644. The van der Waals surface area contributed by atoms with Crippen LogP contribution in [0.25, 0.3) is 10.9 Å². The van der Waals surface area contributed by atoms with Gasteiger partial charge in [-0.15, -0.1) is 11.6 Å². The summed E-state index contributed by atoms with van der Waals surface area (Å²) in [5.41, 5.74) is -0.653. The third-order valence-corrected chi connectivity index (χ3v) is 3.86. The first-order valence-corrected chi connectivity index (χ1v) is 9.32. The zero-order valence-electron chi connectivity index (χ0n) is 16.5. The van der Waals surface area contributed by atoms with Crippen LogP contribution >= 0.6 is 11.6 Å². The number of carbonyl (C=O) groups is 1. The molecule has 0 unspecified atom stereocenters. The molecule has 0 N–H and O–H groups in total. The zero-order valence-corrected chi connectivity index (χ0v) is 17.2. The Morgan fingerprint density at radius 1 is 1.18 bits per heavy atom. The van der Waals surface area contributed by atoms with E-state index in [0.29, 0.717) is 30.2 Å². The van der Waals surface area contributed by atoms with E-state index < -0.39 is 11.4 Å². The number of hydrogen-bond donors (Lipinski definition) is 0. The second-order valence-corrected chi connectivity index (χ2v) is 7.40. The molecule has 0 aliphatic carbocycles. The molecule has 2 aromatic rings. The highest BCUT2D eigenvalue weighted by molar-refractivity contribution is 6.18. The minimum absolute atomic E-state index is 0.214. The van der Waals surface area contributed by atoms with Gasteiger partial charge in [-0.1, -0.05) is 0 Å². The number of nitrogens with zero attached hydrogens (tertiary/aromatic N) is 2. The molecule has 0 aliphatic heterocycles. The number of aromatic nitrogens is 2. The number of alkyl halides is 1. The highest BCUT2D eigenvalue weighted by Gasteiger charge is 2.23. The quantitative estimate of drug-likeness (QED) is 0.355. The maximum atomic E-state index is 12.9. The van der Waals surface area contributed by atoms with Gasteiger partial charge in [-0.25, -0.2) is 4.98 Å². The van der Waals surface area contributed by atoms with Gasteiger partial charge < -0.3 is 18.9 Å². The van der Waals surface area contributed by atoms with E-state index >= 15 is 0 Å². The van der Waals surface area contributed by atoms with Crippen LogP contribution in [0.4, 0.5) is 0 Å². The normalized spacial score (nSPS) is 11.5. The second kappa shape index (κ2) is 9.75. The molecule has 2 rings (SSSR count). The molecule has 0 radical (unpaired) electrons. The van der Waals surface area contributed by atoms with E-state index in [0.717, 1.165) is 0 Å². The summed E-state index contributed by atoms with van der Waals surface area (Å²) in [6.45, 7) is 5.95. The van der Waals surface area contributed by atoms with Crippen molar-refractivity contribution in [3.8, 4) is 11.5 Å². The predicted octanol–water partition coefficient (Wildman–Crippen LogP) is 2.59. The van der Waals surface area contributed by atoms with Gasteiger partial charge in [0.25, 0.3) is 5.56 Å². The molecule has 0 atom stereocenters. The Hall–Kier alpha value is -2.32. The maximum Gasteiger partial charge on any atom is 0.312 e. The SMILES string of the molecule is COCCOc1cc(OCCCl)c2c(=O)n(COC(=O)C(C)(C)C)cnc2c1. The number of rotatable bonds is 9. The van der Waals surface area contributed by atoms with Crippen LogP contribution in [0.2, 0.25) is 0 Å². The average Bonchev–Trinajstić information content (AvgIpc) is 2.64. The molecule has 9 heteroatoms. The van der Waals surface area contributed by atoms with E-state index in [4.69, 9.17) is 30.5 Å². The van der Waals surface area contributed by atoms with Crippen molar-refractivity contribution < 1.29 is 23.7 Å². The largest absolute Gasteiger partial charge is 0.491 e. The summed E-state index contributed by atoms with van der Waals surface area (Å²) in [6, 6.07) is 3.25. The number of benzene rings is 1. The van der Waals surface area contributed by atoms with Gasteiger partial charge in [0.05, 0.1) is 23.4 Å². The first kappa shape index (κ1) is 22.0. The molecule has 1 heterocycles. The number of hydrogen-bond acceptors (Lipinski definition) is 7. The van der Waals surface area contributed by atoms with Crippen LogP contribution < -0.4 is 15.0 Å². The van der Waals surface area contributed by atoms with Gasteiger partial charge in [-0.3, -0.25) is 14.2 Å². The van der Waals surface area contributed by atoms with Gasteiger partial charge in [0.1, 0.15) is 36.4 Å². The average molecular weight is 413 g/mol. The molecule has 0 saturated carbocycles. The van der Waals surface area contributed by atoms with Crippen molar-refractivity contribution in [1.29, 1.82) is 0 Å². The third kappa shape index (κ3) is 5.59. The fourth-order valence-electron chi connectivity index (χ4n) is 2.25. The molecular formula is C19H25ClN2O6. The van der Waals surface area contributed by atoms with Crippen LogP contribution in [0.3, 0.4) is 0 Å². The Balaban J connectivity index is 2.38. The second-order valence-electron chi connectivity index (χ2n) is 7.02. The van der Waals surface area contributed by atoms with Gasteiger partial charge in [0.15, 0.2) is 6.73 Å². The summed E-state index contributed by atoms with van der Waals surface area (Å²) in [7, 11) is 1.58. The lowest BCUT2D eigenvalue weighted by atomic mass is 9.98. The molecule has 0 fully saturated rings. The molecular weight excluding hydrogens is 388 g/mol. The molecule has 0 saturated heterocycles. The van der Waals surface area contributed by atoms with E-state index in [1.54, 1.807) is 40.0 Å². The number of halogens is 1. The molecule has 28 heavy (non-hydrogen) atoms. The topological polar surface area (TPSA) is 88.9 Å². The first-order chi connectivity index (χ1) is 13.3. The number of esters is 1. The Labute approximate surface area is 168 Å². The van der Waals surface area contributed by atoms with E-state index in [2.05, 4.69) is 4.98 Å². The summed E-state index contributed by atoms with van der Waals surface area (Å²) < 4.78 is 22.6. The van der Waals surface area contributed by atoms with Gasteiger partial charge >= 0.3 is 5.97 Å². The van der Waals surface area contributed by atoms with E-state index in [1.807, 2.05) is 0 Å². The molecule has 8 nitrogen and oxygen atoms in total. The van der Waals surface area contributed by atoms with E-state index in [-0.39, 0.29) is 30.2 Å². The fraction of sp³-hybridized carbons (Fsp3) is 0.526. The summed E-state index contributed by atoms with van der Waals surface area (Å²) >= 11 is 5.71. The predicted molar refractivity (Wildman–Crippen MR) is 105 cm³/mol. The van der Waals surface area contributed by atoms with Crippen molar-refractivity contribution in [2.75, 3.05) is 32.8 Å². The Kier molecular flexibility index (Phi) is 7.65. The molecule has 0 aliphatic rings. The molecule has 0 amide bonds. The lowest BCUT2D eigenvalue weighted by Gasteiger charge is -2.17. The first-order valence-electron chi connectivity index (χ1n) is 8.79. The van der Waals surface area contributed by atoms with Crippen LogP contribution in [-0.2, 0) is 21.0 Å². The van der Waals surface area contributed by atoms with Crippen molar-refractivity contribution in [1.82, 2.24) is 9.55 Å². The van der Waals surface area contributed by atoms with Gasteiger partial charge in [0, 0.05) is 19.2 Å². The van der Waals surface area contributed by atoms with Gasteiger partial charge in [-0.2, -0.15) is 0 Å². The van der Waals surface area contributed by atoms with Crippen LogP contribution in [0.5, 0.6) is 11.5 Å². The highest BCUT2D eigenvalue weighted by atomic mass is 35.5. The lowest BCUT2D eigenvalue weighted by molar-refractivity contribution is -0.157. The number of carbonyl (C=O) groups excluding carboxylic acids is 1. The van der Waals surface area contributed by atoms with Gasteiger partial charge in [0.2, 0.25) is 0 Å². The molecule has 154 valence electrons. The maximum absolute atomic E-state index is 12.9. The van der Waals surface area contributed by atoms with Crippen LogP contribution in [0.1, 0.15) is 20.8 Å². The lowest BCUT2D eigenvalue weighted by Crippen LogP contribution is -2.28. The van der Waals surface area contributed by atoms with Crippen molar-refractivity contribution in [2.45, 2.75) is 27.5 Å². The third-order valence-electron chi connectivity index (χ3n) is 3.70. The van der Waals surface area contributed by atoms with Crippen LogP contribution in [0.15, 0.2) is 23.3 Å². The molecule has 0 bridgehead atoms. The minimum Gasteiger partial charge on any atom is -0.491 e. The Bertz CT molecular complexity index is 875. The van der Waals surface area contributed by atoms with E-state index in [1.165, 1.54) is 10.9 Å². The fourth-order valence-corrected chi connectivity index (χ4v) is 2.32. The summed E-state index contributed by atoms with van der Waals surface area (Å²) in [4.78, 5) is 29.2. The van der Waals surface area contributed by atoms with Crippen molar-refractivity contribution >= 4 is 28.5 Å². The zero-order chi connectivity index (χ0) is 20.7. The summed E-state index contributed by atoms with van der Waals surface area (Å²) in [6.07, 6.45) is 1.32. The van der Waals surface area contributed by atoms with Gasteiger partial charge in [-0.05, 0) is 20.8 Å². The van der Waals surface area contributed by atoms with Crippen molar-refractivity contribution in [3.63, 3.8) is 0 Å². The molecule has 1 aromatic carbocycles. The minimum atomic E-state index is -0.670. The Morgan fingerprint density at radius 2 is 1.93 bits per heavy atom. The van der Waals surface area contributed by atoms with Crippen molar-refractivity contribution in [2.24, 2.45) is 5.41 Å². The van der Waals surface area contributed by atoms with Crippen LogP contribution in [0, 0.1) is 5.41 Å². The monoisotopic (exact) mass is 412 g/mol. The van der Waals surface area contributed by atoms with Crippen LogP contribution in [-0.4, -0.2) is 48.3 Å². The number of methoxy groups -OCH3 is 1. The van der Waals surface area contributed by atoms with E-state index in [9.17, 15) is 9.59 Å². The van der Waals surface area contributed by atoms with Crippen molar-refractivity contribution in [3.05, 3.63) is 28.8 Å². The molecule has 0 spiro atoms.